The molecule has 0 rings (SSSR count). The predicted molar refractivity (Wildman–Crippen MR) is 88.9 cm³/mol. The number of thioether (sulfide) groups is 1. The third-order valence-electron chi connectivity index (χ3n) is 3.38. The van der Waals surface area contributed by atoms with Gasteiger partial charge in [0.15, 0.2) is 0 Å². The summed E-state index contributed by atoms with van der Waals surface area (Å²) in [5.41, 5.74) is -0.0744. The van der Waals surface area contributed by atoms with E-state index in [1.54, 1.807) is 0 Å². The summed E-state index contributed by atoms with van der Waals surface area (Å²) in [4.78, 5) is 22.3. The molecule has 0 aromatic heterocycles. The number of carboxylic acid groups (broad SMARTS) is 1. The van der Waals surface area contributed by atoms with Crippen molar-refractivity contribution < 1.29 is 14.7 Å². The summed E-state index contributed by atoms with van der Waals surface area (Å²) in [6, 6.07) is 0.0297. The normalized spacial score (nSPS) is 12.8. The Morgan fingerprint density at radius 2 is 1.95 bits per heavy atom. The van der Waals surface area contributed by atoms with Crippen LogP contribution in [0.4, 0.5) is 4.79 Å². The molecular formula is C15H30N2O3S. The number of urea groups is 1. The van der Waals surface area contributed by atoms with Crippen LogP contribution in [0.25, 0.3) is 0 Å². The van der Waals surface area contributed by atoms with Crippen LogP contribution in [0.1, 0.15) is 53.4 Å². The van der Waals surface area contributed by atoms with Gasteiger partial charge in [0.1, 0.15) is 0 Å². The highest BCUT2D eigenvalue weighted by atomic mass is 32.2. The molecule has 0 spiro atoms. The van der Waals surface area contributed by atoms with Gasteiger partial charge in [0.05, 0.1) is 0 Å². The molecule has 1 atom stereocenters. The summed E-state index contributed by atoms with van der Waals surface area (Å²) in [6.07, 6.45) is 2.53. The lowest BCUT2D eigenvalue weighted by atomic mass is 9.84. The minimum Gasteiger partial charge on any atom is -0.481 e. The quantitative estimate of drug-likeness (QED) is 0.512. The Labute approximate surface area is 132 Å². The highest BCUT2D eigenvalue weighted by Gasteiger charge is 2.19. The number of hydrogen-bond acceptors (Lipinski definition) is 3. The highest BCUT2D eigenvalue weighted by Crippen LogP contribution is 2.25. The molecule has 2 amide bonds. The topological polar surface area (TPSA) is 78.4 Å². The molecule has 1 unspecified atom stereocenters. The van der Waals surface area contributed by atoms with Gasteiger partial charge < -0.3 is 15.7 Å². The lowest BCUT2D eigenvalue weighted by Gasteiger charge is -2.24. The fourth-order valence-electron chi connectivity index (χ4n) is 1.84. The van der Waals surface area contributed by atoms with Gasteiger partial charge in [0, 0.05) is 19.0 Å². The number of aliphatic carboxylic acids is 1. The second-order valence-electron chi connectivity index (χ2n) is 6.09. The number of hydrogen-bond donors (Lipinski definition) is 3. The van der Waals surface area contributed by atoms with E-state index in [0.29, 0.717) is 13.0 Å². The lowest BCUT2D eigenvalue weighted by Crippen LogP contribution is -2.42. The lowest BCUT2D eigenvalue weighted by molar-refractivity contribution is -0.137. The molecule has 0 aliphatic carbocycles. The Morgan fingerprint density at radius 1 is 1.29 bits per heavy atom. The van der Waals surface area contributed by atoms with Gasteiger partial charge in [-0.3, -0.25) is 4.79 Å². The monoisotopic (exact) mass is 318 g/mol. The molecule has 0 aliphatic rings. The molecule has 0 radical (unpaired) electrons. The van der Waals surface area contributed by atoms with Crippen LogP contribution in [0.3, 0.4) is 0 Å². The molecule has 21 heavy (non-hydrogen) atoms. The third-order valence-corrected chi connectivity index (χ3v) is 4.31. The van der Waals surface area contributed by atoms with Crippen molar-refractivity contribution >= 4 is 23.8 Å². The van der Waals surface area contributed by atoms with E-state index in [9.17, 15) is 9.59 Å². The summed E-state index contributed by atoms with van der Waals surface area (Å²) in [5.74, 6) is 1.39. The fourth-order valence-corrected chi connectivity index (χ4v) is 2.65. The van der Waals surface area contributed by atoms with Crippen LogP contribution in [-0.4, -0.2) is 41.2 Å². The van der Waals surface area contributed by atoms with Crippen LogP contribution in [0.15, 0.2) is 0 Å². The number of rotatable bonds is 11. The largest absolute Gasteiger partial charge is 0.481 e. The Kier molecular flexibility index (Phi) is 10.3. The van der Waals surface area contributed by atoms with Crippen molar-refractivity contribution in [2.75, 3.05) is 18.1 Å². The highest BCUT2D eigenvalue weighted by molar-refractivity contribution is 7.99. The molecule has 0 bridgehead atoms. The predicted octanol–water partition coefficient (Wildman–Crippen LogP) is 3.10. The molecule has 0 aliphatic heterocycles. The Balaban J connectivity index is 3.79. The molecule has 5 nitrogen and oxygen atoms in total. The molecular weight excluding hydrogens is 288 g/mol. The van der Waals surface area contributed by atoms with Gasteiger partial charge in [0.25, 0.3) is 0 Å². The Hall–Kier alpha value is -0.910. The van der Waals surface area contributed by atoms with Crippen LogP contribution >= 0.6 is 11.8 Å². The zero-order chi connectivity index (χ0) is 16.3. The van der Waals surface area contributed by atoms with Gasteiger partial charge in [-0.15, -0.1) is 0 Å². The fraction of sp³-hybridized carbons (Fsp3) is 0.867. The molecule has 0 saturated heterocycles. The van der Waals surface area contributed by atoms with Gasteiger partial charge in [0.2, 0.25) is 0 Å². The molecule has 0 aromatic rings. The number of nitrogens with one attached hydrogen (secondary N) is 2. The maximum atomic E-state index is 11.7. The molecule has 0 saturated carbocycles. The Morgan fingerprint density at radius 3 is 2.52 bits per heavy atom. The van der Waals surface area contributed by atoms with Crippen molar-refractivity contribution in [3.05, 3.63) is 0 Å². The number of carbonyl (C=O) groups excluding carboxylic acids is 1. The maximum Gasteiger partial charge on any atom is 0.314 e. The van der Waals surface area contributed by atoms with E-state index in [1.165, 1.54) is 0 Å². The minimum absolute atomic E-state index is 0.0744. The SMILES string of the molecule is CCSCCC(C)NC(=O)NCCC(C)(C)CCC(=O)O. The second-order valence-corrected chi connectivity index (χ2v) is 7.49. The van der Waals surface area contributed by atoms with Crippen molar-refractivity contribution in [2.45, 2.75) is 59.4 Å². The smallest absolute Gasteiger partial charge is 0.314 e. The van der Waals surface area contributed by atoms with Gasteiger partial charge in [-0.05, 0) is 43.1 Å². The minimum atomic E-state index is -0.771. The molecule has 0 aromatic carbocycles. The summed E-state index contributed by atoms with van der Waals surface area (Å²) in [5, 5.41) is 14.5. The van der Waals surface area contributed by atoms with Gasteiger partial charge in [-0.1, -0.05) is 20.8 Å². The van der Waals surface area contributed by atoms with Crippen molar-refractivity contribution in [3.8, 4) is 0 Å². The average Bonchev–Trinajstić information content (AvgIpc) is 2.36. The first-order valence-electron chi connectivity index (χ1n) is 7.60. The summed E-state index contributed by atoms with van der Waals surface area (Å²) < 4.78 is 0. The summed E-state index contributed by atoms with van der Waals surface area (Å²) >= 11 is 1.87. The van der Waals surface area contributed by atoms with E-state index in [0.717, 1.165) is 24.3 Å². The van der Waals surface area contributed by atoms with E-state index in [1.807, 2.05) is 32.5 Å². The zero-order valence-electron chi connectivity index (χ0n) is 13.7. The van der Waals surface area contributed by atoms with Gasteiger partial charge in [-0.2, -0.15) is 11.8 Å². The molecule has 0 fully saturated rings. The van der Waals surface area contributed by atoms with Crippen LogP contribution in [0, 0.1) is 5.41 Å². The number of amides is 2. The van der Waals surface area contributed by atoms with Crippen LogP contribution in [0.5, 0.6) is 0 Å². The second kappa shape index (κ2) is 10.8. The Bertz CT molecular complexity index is 322. The van der Waals surface area contributed by atoms with E-state index in [2.05, 4.69) is 17.6 Å². The molecule has 124 valence electrons. The van der Waals surface area contributed by atoms with Crippen molar-refractivity contribution in [2.24, 2.45) is 5.41 Å². The number of carboxylic acids is 1. The van der Waals surface area contributed by atoms with Gasteiger partial charge in [-0.25, -0.2) is 4.79 Å². The van der Waals surface area contributed by atoms with Crippen molar-refractivity contribution in [3.63, 3.8) is 0 Å². The van der Waals surface area contributed by atoms with Crippen molar-refractivity contribution in [1.82, 2.24) is 10.6 Å². The molecule has 0 heterocycles. The van der Waals surface area contributed by atoms with Gasteiger partial charge >= 0.3 is 12.0 Å². The standard InChI is InChI=1S/C15H30N2O3S/c1-5-21-11-7-12(2)17-14(20)16-10-9-15(3,4)8-6-13(18)19/h12H,5-11H2,1-4H3,(H,18,19)(H2,16,17,20). The first-order valence-corrected chi connectivity index (χ1v) is 8.76. The summed E-state index contributed by atoms with van der Waals surface area (Å²) in [6.45, 7) is 8.75. The van der Waals surface area contributed by atoms with Crippen LogP contribution < -0.4 is 10.6 Å². The van der Waals surface area contributed by atoms with E-state index in [4.69, 9.17) is 5.11 Å². The molecule has 3 N–H and O–H groups in total. The van der Waals surface area contributed by atoms with Crippen LogP contribution in [0.2, 0.25) is 0 Å². The zero-order valence-corrected chi connectivity index (χ0v) is 14.5. The first-order chi connectivity index (χ1) is 9.76. The van der Waals surface area contributed by atoms with Crippen molar-refractivity contribution in [1.29, 1.82) is 0 Å². The molecule has 6 heteroatoms. The maximum absolute atomic E-state index is 11.7. The first kappa shape index (κ1) is 20.1. The average molecular weight is 318 g/mol. The summed E-state index contributed by atoms with van der Waals surface area (Å²) in [7, 11) is 0. The van der Waals surface area contributed by atoms with E-state index >= 15 is 0 Å². The number of carbonyl (C=O) groups is 2. The third kappa shape index (κ3) is 12.5. The van der Waals surface area contributed by atoms with Crippen LogP contribution in [-0.2, 0) is 4.79 Å². The van der Waals surface area contributed by atoms with E-state index in [-0.39, 0.29) is 23.9 Å². The van der Waals surface area contributed by atoms with E-state index < -0.39 is 5.97 Å².